The fourth-order valence-electron chi connectivity index (χ4n) is 3.59. The molecule has 2 amide bonds. The zero-order chi connectivity index (χ0) is 26.0. The van der Waals surface area contributed by atoms with Crippen LogP contribution in [0.4, 0.5) is 5.69 Å². The van der Waals surface area contributed by atoms with Crippen molar-refractivity contribution in [2.75, 3.05) is 37.9 Å². The molecule has 0 saturated carbocycles. The maximum Gasteiger partial charge on any atom is 0.244 e. The van der Waals surface area contributed by atoms with Gasteiger partial charge in [0.25, 0.3) is 0 Å². The third-order valence-electron chi connectivity index (χ3n) is 5.47. The van der Waals surface area contributed by atoms with Gasteiger partial charge in [0.15, 0.2) is 0 Å². The number of methoxy groups -OCH3 is 2. The molecular formula is C25H35N3O6S. The van der Waals surface area contributed by atoms with Gasteiger partial charge in [-0.1, -0.05) is 32.0 Å². The molecule has 1 atom stereocenters. The summed E-state index contributed by atoms with van der Waals surface area (Å²) < 4.78 is 36.7. The lowest BCUT2D eigenvalue weighted by molar-refractivity contribution is -0.140. The van der Waals surface area contributed by atoms with Gasteiger partial charge in [-0.25, -0.2) is 8.42 Å². The van der Waals surface area contributed by atoms with E-state index in [9.17, 15) is 18.0 Å². The van der Waals surface area contributed by atoms with Crippen molar-refractivity contribution in [1.82, 2.24) is 10.2 Å². The average Bonchev–Trinajstić information content (AvgIpc) is 2.85. The molecular weight excluding hydrogens is 470 g/mol. The van der Waals surface area contributed by atoms with Crippen molar-refractivity contribution in [3.8, 4) is 11.5 Å². The molecule has 35 heavy (non-hydrogen) atoms. The van der Waals surface area contributed by atoms with Crippen LogP contribution in [-0.4, -0.2) is 64.7 Å². The molecule has 0 saturated heterocycles. The van der Waals surface area contributed by atoms with Crippen LogP contribution in [0.3, 0.4) is 0 Å². The topological polar surface area (TPSA) is 105 Å². The summed E-state index contributed by atoms with van der Waals surface area (Å²) in [5.74, 6) is 0.362. The van der Waals surface area contributed by atoms with Gasteiger partial charge in [-0.05, 0) is 42.7 Å². The summed E-state index contributed by atoms with van der Waals surface area (Å²) in [5.41, 5.74) is 1.08. The Bertz CT molecular complexity index is 1090. The summed E-state index contributed by atoms with van der Waals surface area (Å²) in [6.45, 7) is 3.93. The van der Waals surface area contributed by atoms with Crippen molar-refractivity contribution in [3.05, 3.63) is 54.1 Å². The van der Waals surface area contributed by atoms with Gasteiger partial charge in [-0.15, -0.1) is 0 Å². The number of amides is 2. The van der Waals surface area contributed by atoms with E-state index in [-0.39, 0.29) is 12.5 Å². The van der Waals surface area contributed by atoms with Crippen molar-refractivity contribution in [2.24, 2.45) is 0 Å². The van der Waals surface area contributed by atoms with Gasteiger partial charge in [-0.2, -0.15) is 0 Å². The molecule has 0 fully saturated rings. The predicted octanol–water partition coefficient (Wildman–Crippen LogP) is 2.80. The van der Waals surface area contributed by atoms with Gasteiger partial charge in [0.1, 0.15) is 24.1 Å². The third-order valence-corrected chi connectivity index (χ3v) is 6.61. The first-order valence-corrected chi connectivity index (χ1v) is 13.3. The van der Waals surface area contributed by atoms with Crippen LogP contribution in [-0.2, 0) is 26.2 Å². The molecule has 0 spiro atoms. The first kappa shape index (κ1) is 28.0. The Balaban J connectivity index is 2.42. The number of nitrogens with one attached hydrogen (secondary N) is 1. The number of sulfonamides is 1. The summed E-state index contributed by atoms with van der Waals surface area (Å²) in [7, 11) is -0.765. The molecule has 0 aromatic heterocycles. The minimum atomic E-state index is -3.81. The first-order valence-electron chi connectivity index (χ1n) is 11.5. The highest BCUT2D eigenvalue weighted by Crippen LogP contribution is 2.24. The van der Waals surface area contributed by atoms with Crippen LogP contribution >= 0.6 is 0 Å². The molecule has 0 aliphatic carbocycles. The van der Waals surface area contributed by atoms with Gasteiger partial charge in [-0.3, -0.25) is 13.9 Å². The van der Waals surface area contributed by atoms with E-state index in [4.69, 9.17) is 9.47 Å². The molecule has 0 radical (unpaired) electrons. The van der Waals surface area contributed by atoms with E-state index in [2.05, 4.69) is 5.32 Å². The van der Waals surface area contributed by atoms with Crippen LogP contribution in [0, 0.1) is 0 Å². The molecule has 2 rings (SSSR count). The number of nitrogens with zero attached hydrogens (tertiary/aromatic N) is 2. The average molecular weight is 506 g/mol. The van der Waals surface area contributed by atoms with Gasteiger partial charge in [0.2, 0.25) is 21.8 Å². The highest BCUT2D eigenvalue weighted by Gasteiger charge is 2.31. The molecule has 2 aromatic rings. The van der Waals surface area contributed by atoms with E-state index in [1.165, 1.54) is 12.0 Å². The summed E-state index contributed by atoms with van der Waals surface area (Å²) in [5, 5.41) is 2.85. The number of hydrogen-bond donors (Lipinski definition) is 1. The minimum Gasteiger partial charge on any atom is -0.497 e. The first-order chi connectivity index (χ1) is 16.6. The number of carbonyl (C=O) groups excluding carboxylic acids is 2. The second-order valence-electron chi connectivity index (χ2n) is 8.06. The number of hydrogen-bond acceptors (Lipinski definition) is 6. The molecule has 1 unspecified atom stereocenters. The van der Waals surface area contributed by atoms with Gasteiger partial charge >= 0.3 is 0 Å². The fraction of sp³-hybridized carbons (Fsp3) is 0.440. The second kappa shape index (κ2) is 13.0. The highest BCUT2D eigenvalue weighted by atomic mass is 32.2. The van der Waals surface area contributed by atoms with Crippen molar-refractivity contribution in [3.63, 3.8) is 0 Å². The Labute approximate surface area is 208 Å². The fourth-order valence-corrected chi connectivity index (χ4v) is 4.43. The third kappa shape index (κ3) is 7.88. The van der Waals surface area contributed by atoms with Gasteiger partial charge in [0.05, 0.1) is 26.2 Å². The molecule has 0 aliphatic heterocycles. The number of rotatable bonds is 13. The Kier molecular flexibility index (Phi) is 10.4. The largest absolute Gasteiger partial charge is 0.497 e. The van der Waals surface area contributed by atoms with Crippen LogP contribution in [0.25, 0.3) is 0 Å². The van der Waals surface area contributed by atoms with E-state index in [0.29, 0.717) is 30.2 Å². The lowest BCUT2D eigenvalue weighted by Gasteiger charge is -2.33. The molecule has 192 valence electrons. The Hall–Kier alpha value is -3.27. The number of benzene rings is 2. The predicted molar refractivity (Wildman–Crippen MR) is 136 cm³/mol. The quantitative estimate of drug-likeness (QED) is 0.449. The molecule has 9 nitrogen and oxygen atoms in total. The van der Waals surface area contributed by atoms with Crippen LogP contribution in [0.2, 0.25) is 0 Å². The maximum absolute atomic E-state index is 13.6. The lowest BCUT2D eigenvalue weighted by atomic mass is 10.1. The molecule has 0 heterocycles. The highest BCUT2D eigenvalue weighted by molar-refractivity contribution is 7.92. The van der Waals surface area contributed by atoms with E-state index in [1.807, 2.05) is 26.0 Å². The van der Waals surface area contributed by atoms with Crippen molar-refractivity contribution in [1.29, 1.82) is 0 Å². The smallest absolute Gasteiger partial charge is 0.244 e. The Morgan fingerprint density at radius 1 is 1.00 bits per heavy atom. The zero-order valence-corrected chi connectivity index (χ0v) is 21.8. The molecule has 10 heteroatoms. The summed E-state index contributed by atoms with van der Waals surface area (Å²) in [6, 6.07) is 12.9. The van der Waals surface area contributed by atoms with Crippen LogP contribution in [0.15, 0.2) is 48.5 Å². The zero-order valence-electron chi connectivity index (χ0n) is 21.0. The SMILES string of the molecule is CCCNC(=O)C(CC)N(Cc1ccc(OC)cc1)C(=O)CN(c1cccc(OC)c1)S(C)(=O)=O. The van der Waals surface area contributed by atoms with Gasteiger partial charge in [0, 0.05) is 19.2 Å². The second-order valence-corrected chi connectivity index (χ2v) is 9.96. The standard InChI is InChI=1S/C25H35N3O6S/c1-6-15-26-25(30)23(7-2)27(17-19-11-13-21(33-3)14-12-19)24(29)18-28(35(5,31)32)20-9-8-10-22(16-20)34-4/h8-14,16,23H,6-7,15,17-18H2,1-5H3,(H,26,30). The van der Waals surface area contributed by atoms with Crippen LogP contribution in [0.1, 0.15) is 32.3 Å². The lowest BCUT2D eigenvalue weighted by Crippen LogP contribution is -2.52. The Morgan fingerprint density at radius 2 is 1.66 bits per heavy atom. The molecule has 0 aliphatic rings. The summed E-state index contributed by atoms with van der Waals surface area (Å²) in [6.07, 6.45) is 2.17. The van der Waals surface area contributed by atoms with Crippen molar-refractivity contribution >= 4 is 27.5 Å². The molecule has 1 N–H and O–H groups in total. The number of carbonyl (C=O) groups is 2. The Morgan fingerprint density at radius 3 is 2.20 bits per heavy atom. The molecule has 2 aromatic carbocycles. The molecule has 0 bridgehead atoms. The van der Waals surface area contributed by atoms with Crippen LogP contribution < -0.4 is 19.1 Å². The van der Waals surface area contributed by atoms with Crippen molar-refractivity contribution in [2.45, 2.75) is 39.3 Å². The summed E-state index contributed by atoms with van der Waals surface area (Å²) in [4.78, 5) is 28.0. The normalized spacial score (nSPS) is 11.9. The number of anilines is 1. The maximum atomic E-state index is 13.6. The van der Waals surface area contributed by atoms with E-state index >= 15 is 0 Å². The summed E-state index contributed by atoms with van der Waals surface area (Å²) >= 11 is 0. The van der Waals surface area contributed by atoms with Crippen LogP contribution in [0.5, 0.6) is 11.5 Å². The van der Waals surface area contributed by atoms with E-state index in [0.717, 1.165) is 22.5 Å². The number of ether oxygens (including phenoxy) is 2. The van der Waals surface area contributed by atoms with Crippen molar-refractivity contribution < 1.29 is 27.5 Å². The monoisotopic (exact) mass is 505 g/mol. The minimum absolute atomic E-state index is 0.136. The van der Waals surface area contributed by atoms with E-state index < -0.39 is 28.5 Å². The van der Waals surface area contributed by atoms with Gasteiger partial charge < -0.3 is 19.7 Å². The van der Waals surface area contributed by atoms with E-state index in [1.54, 1.807) is 43.5 Å².